The van der Waals surface area contributed by atoms with Crippen molar-refractivity contribution in [1.29, 1.82) is 5.26 Å². The van der Waals surface area contributed by atoms with Gasteiger partial charge in [-0.2, -0.15) is 10.4 Å². The van der Waals surface area contributed by atoms with Gasteiger partial charge in [0.25, 0.3) is 0 Å². The van der Waals surface area contributed by atoms with E-state index in [9.17, 15) is 8.42 Å². The molecule has 0 amide bonds. The minimum absolute atomic E-state index is 0.0238. The summed E-state index contributed by atoms with van der Waals surface area (Å²) in [7, 11) is -3.00. The second-order valence-corrected chi connectivity index (χ2v) is 5.73. The molecule has 1 aliphatic heterocycles. The SMILES string of the molecule is CCn1nc2c(c1C#N)CCS(=O)(=O)C2. The Bertz CT molecular complexity index is 536. The number of sulfone groups is 1. The van der Waals surface area contributed by atoms with Crippen molar-refractivity contribution in [1.82, 2.24) is 9.78 Å². The average Bonchev–Trinajstić information content (AvgIpc) is 2.52. The minimum atomic E-state index is -3.00. The number of aromatic nitrogens is 2. The van der Waals surface area contributed by atoms with Crippen molar-refractivity contribution in [2.24, 2.45) is 0 Å². The predicted octanol–water partition coefficient (Wildman–Crippen LogP) is 0.246. The van der Waals surface area contributed by atoms with E-state index in [1.807, 2.05) is 6.92 Å². The highest BCUT2D eigenvalue weighted by atomic mass is 32.2. The van der Waals surface area contributed by atoms with Gasteiger partial charge in [-0.05, 0) is 13.3 Å². The summed E-state index contributed by atoms with van der Waals surface area (Å²) in [5.41, 5.74) is 1.89. The van der Waals surface area contributed by atoms with Gasteiger partial charge in [0.2, 0.25) is 0 Å². The summed E-state index contributed by atoms with van der Waals surface area (Å²) in [4.78, 5) is 0. The molecule has 6 heteroatoms. The molecule has 15 heavy (non-hydrogen) atoms. The number of nitriles is 1. The molecule has 0 bridgehead atoms. The van der Waals surface area contributed by atoms with Crippen LogP contribution in [0.1, 0.15) is 23.9 Å². The molecule has 0 unspecified atom stereocenters. The minimum Gasteiger partial charge on any atom is -0.255 e. The van der Waals surface area contributed by atoms with Crippen LogP contribution >= 0.6 is 0 Å². The molecule has 0 spiro atoms. The van der Waals surface area contributed by atoms with Crippen LogP contribution in [-0.4, -0.2) is 24.0 Å². The molecule has 0 aromatic carbocycles. The highest BCUT2D eigenvalue weighted by Crippen LogP contribution is 2.22. The maximum Gasteiger partial charge on any atom is 0.156 e. The highest BCUT2D eigenvalue weighted by molar-refractivity contribution is 7.90. The molecule has 0 fully saturated rings. The van der Waals surface area contributed by atoms with Crippen LogP contribution in [0.4, 0.5) is 0 Å². The molecule has 2 rings (SSSR count). The second kappa shape index (κ2) is 3.35. The summed E-state index contributed by atoms with van der Waals surface area (Å²) in [6.45, 7) is 2.48. The van der Waals surface area contributed by atoms with Crippen molar-refractivity contribution in [3.63, 3.8) is 0 Å². The monoisotopic (exact) mass is 225 g/mol. The van der Waals surface area contributed by atoms with E-state index >= 15 is 0 Å². The first-order chi connectivity index (χ1) is 7.07. The van der Waals surface area contributed by atoms with E-state index in [0.717, 1.165) is 5.56 Å². The van der Waals surface area contributed by atoms with Gasteiger partial charge >= 0.3 is 0 Å². The largest absolute Gasteiger partial charge is 0.255 e. The lowest BCUT2D eigenvalue weighted by atomic mass is 10.1. The van der Waals surface area contributed by atoms with Gasteiger partial charge in [0.15, 0.2) is 9.84 Å². The molecule has 2 heterocycles. The van der Waals surface area contributed by atoms with Crippen LogP contribution < -0.4 is 0 Å². The quantitative estimate of drug-likeness (QED) is 0.686. The van der Waals surface area contributed by atoms with E-state index in [0.29, 0.717) is 24.4 Å². The fraction of sp³-hybridized carbons (Fsp3) is 0.556. The van der Waals surface area contributed by atoms with Gasteiger partial charge < -0.3 is 0 Å². The third-order valence-electron chi connectivity index (χ3n) is 2.56. The fourth-order valence-electron chi connectivity index (χ4n) is 1.82. The first-order valence-corrected chi connectivity index (χ1v) is 6.58. The second-order valence-electron chi connectivity index (χ2n) is 3.54. The molecule has 0 radical (unpaired) electrons. The maximum atomic E-state index is 11.4. The van der Waals surface area contributed by atoms with E-state index in [4.69, 9.17) is 5.26 Å². The molecule has 0 N–H and O–H groups in total. The van der Waals surface area contributed by atoms with Crippen molar-refractivity contribution >= 4 is 9.84 Å². The normalized spacial score (nSPS) is 18.1. The Morgan fingerprint density at radius 3 is 2.93 bits per heavy atom. The molecule has 5 nitrogen and oxygen atoms in total. The summed E-state index contributed by atoms with van der Waals surface area (Å²) >= 11 is 0. The van der Waals surface area contributed by atoms with E-state index in [1.165, 1.54) is 0 Å². The lowest BCUT2D eigenvalue weighted by Gasteiger charge is -2.09. The van der Waals surface area contributed by atoms with Crippen LogP contribution in [0.25, 0.3) is 0 Å². The molecule has 0 atom stereocenters. The van der Waals surface area contributed by atoms with Gasteiger partial charge in [-0.25, -0.2) is 8.42 Å². The van der Waals surface area contributed by atoms with Gasteiger partial charge in [-0.3, -0.25) is 4.68 Å². The zero-order chi connectivity index (χ0) is 11.1. The Kier molecular flexibility index (Phi) is 2.27. The van der Waals surface area contributed by atoms with Crippen molar-refractivity contribution in [2.45, 2.75) is 25.6 Å². The lowest BCUT2D eigenvalue weighted by molar-refractivity contribution is 0.589. The standard InChI is InChI=1S/C9H11N3O2S/c1-2-12-9(5-10)7-3-4-15(13,14)6-8(7)11-12/h2-4,6H2,1H3. The number of fused-ring (bicyclic) bond motifs is 1. The van der Waals surface area contributed by atoms with Gasteiger partial charge in [0, 0.05) is 12.1 Å². The van der Waals surface area contributed by atoms with Crippen molar-refractivity contribution in [2.75, 3.05) is 5.75 Å². The molecule has 0 saturated heterocycles. The van der Waals surface area contributed by atoms with E-state index in [-0.39, 0.29) is 11.5 Å². The summed E-state index contributed by atoms with van der Waals surface area (Å²) in [5.74, 6) is 0.105. The predicted molar refractivity (Wildman–Crippen MR) is 53.8 cm³/mol. The summed E-state index contributed by atoms with van der Waals surface area (Å²) in [5, 5.41) is 13.1. The van der Waals surface area contributed by atoms with Gasteiger partial charge in [-0.1, -0.05) is 0 Å². The Morgan fingerprint density at radius 2 is 2.33 bits per heavy atom. The van der Waals surface area contributed by atoms with E-state index < -0.39 is 9.84 Å². The first-order valence-electron chi connectivity index (χ1n) is 4.76. The van der Waals surface area contributed by atoms with Crippen LogP contribution in [0, 0.1) is 11.3 Å². The smallest absolute Gasteiger partial charge is 0.156 e. The Balaban J connectivity index is 2.56. The van der Waals surface area contributed by atoms with Gasteiger partial charge in [0.05, 0.1) is 17.2 Å². The average molecular weight is 225 g/mol. The van der Waals surface area contributed by atoms with Crippen LogP contribution in [0.15, 0.2) is 0 Å². The summed E-state index contributed by atoms with van der Waals surface area (Å²) < 4.78 is 24.3. The first kappa shape index (κ1) is 10.2. The third kappa shape index (κ3) is 1.63. The lowest BCUT2D eigenvalue weighted by Crippen LogP contribution is -2.18. The van der Waals surface area contributed by atoms with Crippen molar-refractivity contribution < 1.29 is 8.42 Å². The van der Waals surface area contributed by atoms with Crippen LogP contribution in [-0.2, 0) is 28.6 Å². The highest BCUT2D eigenvalue weighted by Gasteiger charge is 2.27. The van der Waals surface area contributed by atoms with Crippen LogP contribution in [0.3, 0.4) is 0 Å². The Hall–Kier alpha value is -1.35. The molecular formula is C9H11N3O2S. The fourth-order valence-corrected chi connectivity index (χ4v) is 3.13. The maximum absolute atomic E-state index is 11.4. The van der Waals surface area contributed by atoms with E-state index in [2.05, 4.69) is 11.2 Å². The zero-order valence-electron chi connectivity index (χ0n) is 8.39. The number of hydrogen-bond acceptors (Lipinski definition) is 4. The van der Waals surface area contributed by atoms with Crippen LogP contribution in [0.5, 0.6) is 0 Å². The van der Waals surface area contributed by atoms with Gasteiger partial charge in [0.1, 0.15) is 11.8 Å². The molecule has 0 aliphatic carbocycles. The van der Waals surface area contributed by atoms with Crippen molar-refractivity contribution in [3.05, 3.63) is 17.0 Å². The molecule has 1 aromatic rings. The Morgan fingerprint density at radius 1 is 1.60 bits per heavy atom. The molecule has 80 valence electrons. The Labute approximate surface area is 88.2 Å². The topological polar surface area (TPSA) is 75.8 Å². The number of nitrogens with zero attached hydrogens (tertiary/aromatic N) is 3. The summed E-state index contributed by atoms with van der Waals surface area (Å²) in [6, 6.07) is 2.09. The molecule has 1 aliphatic rings. The number of rotatable bonds is 1. The number of hydrogen-bond donors (Lipinski definition) is 0. The molecule has 0 saturated carbocycles. The van der Waals surface area contributed by atoms with E-state index in [1.54, 1.807) is 4.68 Å². The molecular weight excluding hydrogens is 214 g/mol. The third-order valence-corrected chi connectivity index (χ3v) is 4.10. The van der Waals surface area contributed by atoms with Gasteiger partial charge in [-0.15, -0.1) is 0 Å². The van der Waals surface area contributed by atoms with Crippen molar-refractivity contribution in [3.8, 4) is 6.07 Å². The summed E-state index contributed by atoms with van der Waals surface area (Å²) in [6.07, 6.45) is 0.417. The molecule has 1 aromatic heterocycles. The zero-order valence-corrected chi connectivity index (χ0v) is 9.21. The number of aryl methyl sites for hydroxylation is 1. The van der Waals surface area contributed by atoms with Crippen LogP contribution in [0.2, 0.25) is 0 Å².